The van der Waals surface area contributed by atoms with Gasteiger partial charge in [-0.25, -0.2) is 4.98 Å². The van der Waals surface area contributed by atoms with Gasteiger partial charge in [0.2, 0.25) is 11.8 Å². The molecule has 1 aliphatic heterocycles. The van der Waals surface area contributed by atoms with E-state index in [1.54, 1.807) is 11.3 Å². The summed E-state index contributed by atoms with van der Waals surface area (Å²) in [7, 11) is 0. The van der Waals surface area contributed by atoms with E-state index in [1.165, 1.54) is 31.0 Å². The van der Waals surface area contributed by atoms with Crippen molar-refractivity contribution in [2.24, 2.45) is 0 Å². The summed E-state index contributed by atoms with van der Waals surface area (Å²) < 4.78 is 5.61. The molecule has 1 amide bonds. The molecule has 2 aromatic rings. The van der Waals surface area contributed by atoms with Crippen molar-refractivity contribution in [3.63, 3.8) is 0 Å². The minimum Gasteiger partial charge on any atom is -0.416 e. The smallest absolute Gasteiger partial charge is 0.277 e. The van der Waals surface area contributed by atoms with Crippen molar-refractivity contribution in [1.82, 2.24) is 20.1 Å². The van der Waals surface area contributed by atoms with Gasteiger partial charge in [-0.2, -0.15) is 0 Å². The minimum absolute atomic E-state index is 0.164. The zero-order valence-corrected chi connectivity index (χ0v) is 15.5. The van der Waals surface area contributed by atoms with E-state index < -0.39 is 0 Å². The van der Waals surface area contributed by atoms with Crippen LogP contribution in [-0.4, -0.2) is 44.8 Å². The number of amides is 1. The normalized spacial score (nSPS) is 16.0. The van der Waals surface area contributed by atoms with Gasteiger partial charge in [-0.1, -0.05) is 31.0 Å². The number of hydrogen-bond donors (Lipinski definition) is 0. The number of aromatic nitrogens is 3. The van der Waals surface area contributed by atoms with Gasteiger partial charge in [0.15, 0.2) is 0 Å². The molecule has 24 heavy (non-hydrogen) atoms. The van der Waals surface area contributed by atoms with Gasteiger partial charge in [-0.15, -0.1) is 21.5 Å². The monoisotopic (exact) mass is 366 g/mol. The maximum absolute atomic E-state index is 12.3. The van der Waals surface area contributed by atoms with Crippen molar-refractivity contribution in [2.75, 3.05) is 18.8 Å². The summed E-state index contributed by atoms with van der Waals surface area (Å²) in [6.07, 6.45) is 6.49. The van der Waals surface area contributed by atoms with Crippen molar-refractivity contribution in [1.29, 1.82) is 0 Å². The molecule has 0 bridgehead atoms. The van der Waals surface area contributed by atoms with E-state index in [0.29, 0.717) is 23.3 Å². The molecule has 8 heteroatoms. The Morgan fingerprint density at radius 2 is 2.00 bits per heavy atom. The Labute approximate surface area is 150 Å². The van der Waals surface area contributed by atoms with Gasteiger partial charge < -0.3 is 9.32 Å². The summed E-state index contributed by atoms with van der Waals surface area (Å²) in [5, 5.41) is 11.5. The highest BCUT2D eigenvalue weighted by molar-refractivity contribution is 7.99. The topological polar surface area (TPSA) is 72.1 Å². The molecule has 0 radical (unpaired) electrons. The van der Waals surface area contributed by atoms with Crippen LogP contribution >= 0.6 is 23.1 Å². The molecular weight excluding hydrogens is 344 g/mol. The zero-order valence-electron chi connectivity index (χ0n) is 13.9. The molecule has 0 unspecified atom stereocenters. The fourth-order valence-corrected chi connectivity index (χ4v) is 4.02. The van der Waals surface area contributed by atoms with Crippen LogP contribution in [0.5, 0.6) is 0 Å². The number of likely N-dealkylation sites (tertiary alicyclic amines) is 1. The van der Waals surface area contributed by atoms with Gasteiger partial charge in [-0.05, 0) is 19.8 Å². The summed E-state index contributed by atoms with van der Waals surface area (Å²) >= 11 is 2.93. The minimum atomic E-state index is 0.164. The Balaban J connectivity index is 1.48. The molecule has 0 N–H and O–H groups in total. The Hall–Kier alpha value is -1.41. The second-order valence-corrected chi connectivity index (χ2v) is 7.92. The van der Waals surface area contributed by atoms with Crippen molar-refractivity contribution >= 4 is 29.0 Å². The Morgan fingerprint density at radius 3 is 2.71 bits per heavy atom. The van der Waals surface area contributed by atoms with Gasteiger partial charge in [0.05, 0.1) is 22.9 Å². The Morgan fingerprint density at radius 1 is 1.25 bits per heavy atom. The van der Waals surface area contributed by atoms with Gasteiger partial charge in [0.25, 0.3) is 5.22 Å². The molecule has 0 aliphatic carbocycles. The third-order valence-corrected chi connectivity index (χ3v) is 5.60. The van der Waals surface area contributed by atoms with Crippen LogP contribution in [0, 0.1) is 6.92 Å². The predicted molar refractivity (Wildman–Crippen MR) is 94.3 cm³/mol. The van der Waals surface area contributed by atoms with Crippen molar-refractivity contribution < 1.29 is 9.21 Å². The zero-order chi connectivity index (χ0) is 16.8. The fourth-order valence-electron chi connectivity index (χ4n) is 2.72. The van der Waals surface area contributed by atoms with E-state index in [4.69, 9.17) is 4.42 Å². The third kappa shape index (κ3) is 5.04. The number of aryl methyl sites for hydroxylation is 1. The van der Waals surface area contributed by atoms with E-state index in [-0.39, 0.29) is 5.91 Å². The highest BCUT2D eigenvalue weighted by Gasteiger charge is 2.17. The number of thioether (sulfide) groups is 1. The molecule has 0 aromatic carbocycles. The average molecular weight is 367 g/mol. The fraction of sp³-hybridized carbons (Fsp3) is 0.625. The molecule has 2 aromatic heterocycles. The number of nitrogens with zero attached hydrogens (tertiary/aromatic N) is 4. The van der Waals surface area contributed by atoms with Crippen LogP contribution in [0.25, 0.3) is 0 Å². The van der Waals surface area contributed by atoms with E-state index >= 15 is 0 Å². The lowest BCUT2D eigenvalue weighted by molar-refractivity contribution is -0.128. The van der Waals surface area contributed by atoms with Crippen LogP contribution in [0.15, 0.2) is 15.0 Å². The highest BCUT2D eigenvalue weighted by atomic mass is 32.2. The van der Waals surface area contributed by atoms with Crippen molar-refractivity contribution in [3.8, 4) is 0 Å². The van der Waals surface area contributed by atoms with Crippen LogP contribution in [0.1, 0.15) is 48.7 Å². The summed E-state index contributed by atoms with van der Waals surface area (Å²) in [5.41, 5.74) is 0.939. The number of carbonyl (C=O) groups excluding carboxylic acids is 1. The van der Waals surface area contributed by atoms with Gasteiger partial charge in [-0.3, -0.25) is 4.79 Å². The molecule has 1 aliphatic rings. The first-order valence-corrected chi connectivity index (χ1v) is 10.2. The van der Waals surface area contributed by atoms with Gasteiger partial charge in [0.1, 0.15) is 0 Å². The largest absolute Gasteiger partial charge is 0.416 e. The number of hydrogen-bond acceptors (Lipinski definition) is 7. The summed E-state index contributed by atoms with van der Waals surface area (Å²) in [6.45, 7) is 3.72. The van der Waals surface area contributed by atoms with E-state index in [1.807, 2.05) is 17.2 Å². The van der Waals surface area contributed by atoms with E-state index in [9.17, 15) is 4.79 Å². The summed E-state index contributed by atoms with van der Waals surface area (Å²) in [4.78, 5) is 18.7. The number of rotatable bonds is 5. The molecule has 3 heterocycles. The molecule has 1 fully saturated rings. The quantitative estimate of drug-likeness (QED) is 0.756. The van der Waals surface area contributed by atoms with Crippen molar-refractivity contribution in [3.05, 3.63) is 22.0 Å². The van der Waals surface area contributed by atoms with Crippen LogP contribution in [0.3, 0.4) is 0 Å². The lowest BCUT2D eigenvalue weighted by Crippen LogP contribution is -2.35. The lowest BCUT2D eigenvalue weighted by Gasteiger charge is -2.24. The molecule has 0 atom stereocenters. The average Bonchev–Trinajstić information content (AvgIpc) is 3.14. The SMILES string of the molecule is Cc1nc(Cc2nnc(SCC(=O)N3CCCCCCC3)o2)cs1. The second-order valence-electron chi connectivity index (χ2n) is 5.93. The first-order valence-electron chi connectivity index (χ1n) is 8.34. The molecule has 0 spiro atoms. The van der Waals surface area contributed by atoms with Crippen LogP contribution in [-0.2, 0) is 11.2 Å². The highest BCUT2D eigenvalue weighted by Crippen LogP contribution is 2.20. The predicted octanol–water partition coefficient (Wildman–Crippen LogP) is 3.31. The molecular formula is C16H22N4O2S2. The van der Waals surface area contributed by atoms with E-state index in [0.717, 1.165) is 36.6 Å². The Kier molecular flexibility index (Phi) is 6.25. The standard InChI is InChI=1S/C16H22N4O2S2/c1-12-17-13(10-23-12)9-14-18-19-16(22-14)24-11-15(21)20-7-5-3-2-4-6-8-20/h10H,2-9,11H2,1H3. The first kappa shape index (κ1) is 17.4. The summed E-state index contributed by atoms with van der Waals surface area (Å²) in [6, 6.07) is 0. The summed E-state index contributed by atoms with van der Waals surface area (Å²) in [5.74, 6) is 1.07. The number of thiazole rings is 1. The van der Waals surface area contributed by atoms with Gasteiger partial charge >= 0.3 is 0 Å². The second kappa shape index (κ2) is 8.62. The van der Waals surface area contributed by atoms with Crippen LogP contribution < -0.4 is 0 Å². The molecule has 6 nitrogen and oxygen atoms in total. The maximum Gasteiger partial charge on any atom is 0.277 e. The molecule has 3 rings (SSSR count). The van der Waals surface area contributed by atoms with Crippen LogP contribution in [0.2, 0.25) is 0 Å². The van der Waals surface area contributed by atoms with Crippen molar-refractivity contribution in [2.45, 2.75) is 50.7 Å². The number of carbonyl (C=O) groups is 1. The third-order valence-electron chi connectivity index (χ3n) is 3.98. The molecule has 0 saturated carbocycles. The maximum atomic E-state index is 12.3. The molecule has 1 saturated heterocycles. The lowest BCUT2D eigenvalue weighted by atomic mass is 10.1. The first-order chi connectivity index (χ1) is 11.7. The Bertz CT molecular complexity index is 663. The van der Waals surface area contributed by atoms with Crippen LogP contribution in [0.4, 0.5) is 0 Å². The van der Waals surface area contributed by atoms with Gasteiger partial charge in [0, 0.05) is 18.5 Å². The van der Waals surface area contributed by atoms with E-state index in [2.05, 4.69) is 15.2 Å². The molecule has 130 valence electrons.